The lowest BCUT2D eigenvalue weighted by atomic mass is 10.2. The van der Waals surface area contributed by atoms with E-state index in [0.717, 1.165) is 6.26 Å². The number of hydrogen-bond donors (Lipinski definition) is 0. The van der Waals surface area contributed by atoms with E-state index in [4.69, 9.17) is 0 Å². The zero-order chi connectivity index (χ0) is 14.9. The van der Waals surface area contributed by atoms with Crippen LogP contribution in [0, 0.1) is 0 Å². The molecular weight excluding hydrogens is 280 g/mol. The highest BCUT2D eigenvalue weighted by Crippen LogP contribution is 2.15. The predicted octanol–water partition coefficient (Wildman–Crippen LogP) is 0.352. The van der Waals surface area contributed by atoms with E-state index in [-0.39, 0.29) is 29.9 Å². The molecule has 0 aliphatic carbocycles. The third-order valence-corrected chi connectivity index (χ3v) is 4.35. The van der Waals surface area contributed by atoms with Crippen LogP contribution in [0.4, 0.5) is 0 Å². The van der Waals surface area contributed by atoms with Crippen LogP contribution in [-0.4, -0.2) is 56.0 Å². The first-order valence-electron chi connectivity index (χ1n) is 6.20. The molecule has 0 aromatic heterocycles. The summed E-state index contributed by atoms with van der Waals surface area (Å²) in [4.78, 5) is 27.0. The van der Waals surface area contributed by atoms with Crippen LogP contribution in [0.3, 0.4) is 0 Å². The molecule has 0 N–H and O–H groups in total. The lowest BCUT2D eigenvalue weighted by Gasteiger charge is -2.16. The van der Waals surface area contributed by atoms with Gasteiger partial charge in [-0.3, -0.25) is 9.59 Å². The molecule has 1 aliphatic rings. The normalized spacial score (nSPS) is 15.8. The molecule has 2 rings (SSSR count). The number of hydrogen-bond acceptors (Lipinski definition) is 4. The molecule has 108 valence electrons. The van der Waals surface area contributed by atoms with Gasteiger partial charge in [0.25, 0.3) is 5.91 Å². The van der Waals surface area contributed by atoms with Crippen molar-refractivity contribution in [3.8, 4) is 0 Å². The zero-order valence-corrected chi connectivity index (χ0v) is 12.2. The van der Waals surface area contributed by atoms with Gasteiger partial charge in [0, 0.05) is 18.4 Å². The van der Waals surface area contributed by atoms with E-state index < -0.39 is 9.84 Å². The molecule has 0 bridgehead atoms. The summed E-state index contributed by atoms with van der Waals surface area (Å²) in [6.07, 6.45) is 1.11. The van der Waals surface area contributed by atoms with E-state index in [1.54, 1.807) is 4.90 Å². The minimum atomic E-state index is -3.27. The third-order valence-electron chi connectivity index (χ3n) is 3.22. The summed E-state index contributed by atoms with van der Waals surface area (Å²) < 4.78 is 22.7. The molecule has 1 aromatic rings. The van der Waals surface area contributed by atoms with Crippen molar-refractivity contribution < 1.29 is 18.0 Å². The average Bonchev–Trinajstić information content (AvgIpc) is 2.78. The second-order valence-electron chi connectivity index (χ2n) is 4.69. The van der Waals surface area contributed by atoms with Crippen LogP contribution in [0.5, 0.6) is 0 Å². The Labute approximate surface area is 117 Å². The van der Waals surface area contributed by atoms with Gasteiger partial charge in [-0.15, -0.1) is 0 Å². The van der Waals surface area contributed by atoms with Gasteiger partial charge in [-0.05, 0) is 31.2 Å². The van der Waals surface area contributed by atoms with E-state index in [9.17, 15) is 18.0 Å². The minimum absolute atomic E-state index is 0.0699. The van der Waals surface area contributed by atoms with Gasteiger partial charge >= 0.3 is 0 Å². The molecule has 1 fully saturated rings. The first-order chi connectivity index (χ1) is 9.32. The summed E-state index contributed by atoms with van der Waals surface area (Å²) >= 11 is 0. The molecule has 1 aromatic carbocycles. The Morgan fingerprint density at radius 1 is 1.25 bits per heavy atom. The molecule has 6 nitrogen and oxygen atoms in total. The number of nitrogens with zero attached hydrogens (tertiary/aromatic N) is 2. The Kier molecular flexibility index (Phi) is 3.80. The van der Waals surface area contributed by atoms with Gasteiger partial charge in [-0.2, -0.15) is 0 Å². The van der Waals surface area contributed by atoms with Crippen molar-refractivity contribution in [1.29, 1.82) is 0 Å². The topological polar surface area (TPSA) is 74.8 Å². The zero-order valence-electron chi connectivity index (χ0n) is 11.4. The van der Waals surface area contributed by atoms with Gasteiger partial charge in [-0.1, -0.05) is 0 Å². The molecule has 1 aliphatic heterocycles. The fourth-order valence-electron chi connectivity index (χ4n) is 2.04. The van der Waals surface area contributed by atoms with Crippen LogP contribution < -0.4 is 0 Å². The Bertz CT molecular complexity index is 637. The Morgan fingerprint density at radius 2 is 1.85 bits per heavy atom. The Balaban J connectivity index is 2.17. The summed E-state index contributed by atoms with van der Waals surface area (Å²) in [5.41, 5.74) is 0.378. The minimum Gasteiger partial charge on any atom is -0.324 e. The number of rotatable bonds is 3. The summed E-state index contributed by atoms with van der Waals surface area (Å²) in [6.45, 7) is 2.77. The molecule has 2 amide bonds. The molecule has 20 heavy (non-hydrogen) atoms. The Hall–Kier alpha value is -1.89. The number of sulfone groups is 1. The average molecular weight is 296 g/mol. The van der Waals surface area contributed by atoms with Crippen LogP contribution in [0.15, 0.2) is 29.2 Å². The summed E-state index contributed by atoms with van der Waals surface area (Å²) in [7, 11) is -3.27. The van der Waals surface area contributed by atoms with Crippen LogP contribution in [-0.2, 0) is 14.6 Å². The number of carbonyl (C=O) groups is 2. The van der Waals surface area contributed by atoms with Crippen LogP contribution in [0.1, 0.15) is 17.3 Å². The quantitative estimate of drug-likeness (QED) is 0.807. The van der Waals surface area contributed by atoms with Crippen LogP contribution in [0.2, 0.25) is 0 Å². The molecule has 1 heterocycles. The molecule has 0 radical (unpaired) electrons. The molecule has 7 heteroatoms. The van der Waals surface area contributed by atoms with E-state index in [1.165, 1.54) is 29.2 Å². The number of benzene rings is 1. The van der Waals surface area contributed by atoms with E-state index in [1.807, 2.05) is 6.92 Å². The second kappa shape index (κ2) is 5.24. The molecule has 0 atom stereocenters. The van der Waals surface area contributed by atoms with Gasteiger partial charge < -0.3 is 9.80 Å². The fraction of sp³-hybridized carbons (Fsp3) is 0.385. The van der Waals surface area contributed by atoms with Gasteiger partial charge in [0.1, 0.15) is 6.54 Å². The highest BCUT2D eigenvalue weighted by atomic mass is 32.2. The van der Waals surface area contributed by atoms with Gasteiger partial charge in [-0.25, -0.2) is 8.42 Å². The summed E-state index contributed by atoms with van der Waals surface area (Å²) in [5.74, 6) is -0.344. The van der Waals surface area contributed by atoms with Gasteiger partial charge in [0.2, 0.25) is 5.91 Å². The standard InChI is InChI=1S/C13H16N2O4S/c1-3-14-9-15(8-12(14)16)13(17)10-4-6-11(7-5-10)20(2,18)19/h4-7H,3,8-9H2,1-2H3. The molecule has 1 saturated heterocycles. The molecule has 0 saturated carbocycles. The SMILES string of the molecule is CCN1CN(C(=O)c2ccc(S(C)(=O)=O)cc2)CC1=O. The number of amides is 2. The van der Waals surface area contributed by atoms with Crippen molar-refractivity contribution in [3.63, 3.8) is 0 Å². The largest absolute Gasteiger partial charge is 0.324 e. The first kappa shape index (κ1) is 14.5. The second-order valence-corrected chi connectivity index (χ2v) is 6.71. The van der Waals surface area contributed by atoms with Gasteiger partial charge in [0.05, 0.1) is 11.6 Å². The third kappa shape index (κ3) is 2.82. The number of carbonyl (C=O) groups excluding carboxylic acids is 2. The maximum atomic E-state index is 12.2. The lowest BCUT2D eigenvalue weighted by Crippen LogP contribution is -2.31. The van der Waals surface area contributed by atoms with E-state index in [2.05, 4.69) is 0 Å². The van der Waals surface area contributed by atoms with Crippen molar-refractivity contribution in [2.24, 2.45) is 0 Å². The van der Waals surface area contributed by atoms with Crippen molar-refractivity contribution in [2.45, 2.75) is 11.8 Å². The highest BCUT2D eigenvalue weighted by Gasteiger charge is 2.30. The first-order valence-corrected chi connectivity index (χ1v) is 8.09. The summed E-state index contributed by atoms with van der Waals surface area (Å²) in [6, 6.07) is 5.74. The van der Waals surface area contributed by atoms with Gasteiger partial charge in [0.15, 0.2) is 9.84 Å². The maximum Gasteiger partial charge on any atom is 0.255 e. The maximum absolute atomic E-state index is 12.2. The van der Waals surface area contributed by atoms with Crippen molar-refractivity contribution in [1.82, 2.24) is 9.80 Å². The van der Waals surface area contributed by atoms with E-state index in [0.29, 0.717) is 12.1 Å². The van der Waals surface area contributed by atoms with Crippen LogP contribution in [0.25, 0.3) is 0 Å². The monoisotopic (exact) mass is 296 g/mol. The highest BCUT2D eigenvalue weighted by molar-refractivity contribution is 7.90. The molecular formula is C13H16N2O4S. The molecule has 0 spiro atoms. The van der Waals surface area contributed by atoms with Crippen molar-refractivity contribution in [3.05, 3.63) is 29.8 Å². The van der Waals surface area contributed by atoms with E-state index >= 15 is 0 Å². The fourth-order valence-corrected chi connectivity index (χ4v) is 2.67. The number of likely N-dealkylation sites (N-methyl/N-ethyl adjacent to an activating group) is 1. The van der Waals surface area contributed by atoms with Crippen molar-refractivity contribution >= 4 is 21.7 Å². The molecule has 0 unspecified atom stereocenters. The predicted molar refractivity (Wildman–Crippen MR) is 72.8 cm³/mol. The smallest absolute Gasteiger partial charge is 0.255 e. The van der Waals surface area contributed by atoms with Crippen LogP contribution >= 0.6 is 0 Å². The lowest BCUT2D eigenvalue weighted by molar-refractivity contribution is -0.126. The van der Waals surface area contributed by atoms with Crippen molar-refractivity contribution in [2.75, 3.05) is 26.0 Å². The Morgan fingerprint density at radius 3 is 2.30 bits per heavy atom. The summed E-state index contributed by atoms with van der Waals surface area (Å²) in [5, 5.41) is 0.